The fourth-order valence-electron chi connectivity index (χ4n) is 4.00. The van der Waals surface area contributed by atoms with E-state index in [4.69, 9.17) is 15.2 Å². The minimum absolute atomic E-state index is 0.143. The molecule has 3 aliphatic rings. The normalized spacial score (nSPS) is 16.9. The van der Waals surface area contributed by atoms with E-state index in [1.807, 2.05) is 24.3 Å². The number of anilines is 3. The number of fused-ring (bicyclic) bond motifs is 9. The molecule has 2 aromatic carbocycles. The van der Waals surface area contributed by atoms with Crippen molar-refractivity contribution in [3.8, 4) is 17.0 Å². The Hall–Kier alpha value is -3.65. The number of rotatable bonds is 2. The van der Waals surface area contributed by atoms with E-state index in [1.54, 1.807) is 24.4 Å². The van der Waals surface area contributed by atoms with Gasteiger partial charge in [-0.2, -0.15) is 0 Å². The molecular formula is C26H29N5O3. The van der Waals surface area contributed by atoms with E-state index in [0.717, 1.165) is 48.2 Å². The summed E-state index contributed by atoms with van der Waals surface area (Å²) in [6.45, 7) is 1.63. The number of nitrogens with two attached hydrogens (primary N) is 1. The Morgan fingerprint density at radius 3 is 2.79 bits per heavy atom. The first kappa shape index (κ1) is 22.2. The molecule has 0 saturated heterocycles. The molecule has 1 aromatic heterocycles. The summed E-state index contributed by atoms with van der Waals surface area (Å²) in [5.74, 6) is 1.17. The zero-order valence-corrected chi connectivity index (χ0v) is 19.0. The molecule has 6 bridgehead atoms. The average Bonchev–Trinajstić information content (AvgIpc) is 2.81. The quantitative estimate of drug-likeness (QED) is 0.486. The van der Waals surface area contributed by atoms with Crippen LogP contribution in [0, 0.1) is 0 Å². The van der Waals surface area contributed by atoms with Crippen LogP contribution in [0.1, 0.15) is 48.0 Å². The number of nitrogens with one attached hydrogen (secondary N) is 2. The van der Waals surface area contributed by atoms with Gasteiger partial charge < -0.3 is 25.8 Å². The molecule has 1 fully saturated rings. The molecule has 0 atom stereocenters. The molecule has 0 unspecified atom stereocenters. The van der Waals surface area contributed by atoms with Crippen molar-refractivity contribution >= 4 is 23.2 Å². The van der Waals surface area contributed by atoms with Gasteiger partial charge in [-0.1, -0.05) is 0 Å². The van der Waals surface area contributed by atoms with Crippen molar-refractivity contribution in [3.63, 3.8) is 0 Å². The number of ether oxygens (including phenoxy) is 2. The van der Waals surface area contributed by atoms with Crippen molar-refractivity contribution in [3.05, 3.63) is 59.8 Å². The lowest BCUT2D eigenvalue weighted by Crippen LogP contribution is -2.25. The molecule has 0 radical (unpaired) electrons. The molecule has 34 heavy (non-hydrogen) atoms. The first-order valence-corrected chi connectivity index (χ1v) is 11.8. The topological polar surface area (TPSA) is 111 Å². The second-order valence-electron chi connectivity index (χ2n) is 8.70. The minimum atomic E-state index is -0.143. The third-order valence-electron chi connectivity index (χ3n) is 6.17. The maximum Gasteiger partial charge on any atom is 0.251 e. The standard InChI is InChI=1S/C26H29N5O3/c27-22-15-17-6-8-21(22)23-10-12-29-26(31-23)30-19-7-9-24(34-20-4-3-5-20)18(14-19)16-33-13-2-1-11-28-25(17)32/h6-10,12,14-15,20H,1-5,11,13,16,27H2,(H,28,32)(H,29,30,31). The molecular weight excluding hydrogens is 430 g/mol. The molecule has 3 aromatic rings. The molecule has 6 rings (SSSR count). The van der Waals surface area contributed by atoms with Crippen molar-refractivity contribution in [2.75, 3.05) is 24.2 Å². The van der Waals surface area contributed by atoms with Gasteiger partial charge >= 0.3 is 0 Å². The van der Waals surface area contributed by atoms with Crippen molar-refractivity contribution in [1.29, 1.82) is 0 Å². The van der Waals surface area contributed by atoms with Crippen LogP contribution in [0.5, 0.6) is 5.75 Å². The zero-order chi connectivity index (χ0) is 23.3. The van der Waals surface area contributed by atoms with Gasteiger partial charge in [0.15, 0.2) is 0 Å². The highest BCUT2D eigenvalue weighted by molar-refractivity contribution is 5.96. The Morgan fingerprint density at radius 1 is 1.06 bits per heavy atom. The third kappa shape index (κ3) is 5.12. The summed E-state index contributed by atoms with van der Waals surface area (Å²) in [4.78, 5) is 21.5. The zero-order valence-electron chi connectivity index (χ0n) is 19.0. The van der Waals surface area contributed by atoms with Crippen LogP contribution in [-0.2, 0) is 11.3 Å². The van der Waals surface area contributed by atoms with Gasteiger partial charge in [-0.15, -0.1) is 0 Å². The van der Waals surface area contributed by atoms with Gasteiger partial charge in [-0.3, -0.25) is 4.79 Å². The second kappa shape index (κ2) is 10.1. The van der Waals surface area contributed by atoms with Crippen LogP contribution >= 0.6 is 0 Å². The van der Waals surface area contributed by atoms with Crippen LogP contribution in [0.4, 0.5) is 17.3 Å². The van der Waals surface area contributed by atoms with Crippen molar-refractivity contribution in [2.24, 2.45) is 0 Å². The van der Waals surface area contributed by atoms with Crippen molar-refractivity contribution in [2.45, 2.75) is 44.8 Å². The summed E-state index contributed by atoms with van der Waals surface area (Å²) >= 11 is 0. The molecule has 1 aliphatic carbocycles. The van der Waals surface area contributed by atoms with Gasteiger partial charge in [0.05, 0.1) is 18.4 Å². The summed E-state index contributed by atoms with van der Waals surface area (Å²) in [7, 11) is 0. The average molecular weight is 460 g/mol. The van der Waals surface area contributed by atoms with E-state index >= 15 is 0 Å². The highest BCUT2D eigenvalue weighted by atomic mass is 16.5. The van der Waals surface area contributed by atoms with Crippen molar-refractivity contribution < 1.29 is 14.3 Å². The first-order valence-electron chi connectivity index (χ1n) is 11.8. The fourth-order valence-corrected chi connectivity index (χ4v) is 4.00. The molecule has 2 aliphatic heterocycles. The summed E-state index contributed by atoms with van der Waals surface area (Å²) in [6, 6.07) is 13.1. The van der Waals surface area contributed by atoms with Crippen molar-refractivity contribution in [1.82, 2.24) is 15.3 Å². The number of aromatic nitrogens is 2. The second-order valence-corrected chi connectivity index (χ2v) is 8.70. The SMILES string of the molecule is Nc1cc2ccc1-c1ccnc(n1)Nc1ccc(OC3CCC3)c(c1)COCCCCNC2=O. The molecule has 1 amide bonds. The maximum absolute atomic E-state index is 12.5. The number of nitrogen functional groups attached to an aromatic ring is 1. The summed E-state index contributed by atoms with van der Waals surface area (Å²) < 4.78 is 12.1. The Morgan fingerprint density at radius 2 is 1.97 bits per heavy atom. The molecule has 8 nitrogen and oxygen atoms in total. The van der Waals surface area contributed by atoms with E-state index in [1.165, 1.54) is 6.42 Å². The number of carbonyl (C=O) groups is 1. The Balaban J connectivity index is 1.45. The lowest BCUT2D eigenvalue weighted by molar-refractivity contribution is 0.0933. The van der Waals surface area contributed by atoms with E-state index in [9.17, 15) is 4.79 Å². The highest BCUT2D eigenvalue weighted by Crippen LogP contribution is 2.31. The van der Waals surface area contributed by atoms with Crippen LogP contribution in [-0.4, -0.2) is 35.1 Å². The monoisotopic (exact) mass is 459 g/mol. The van der Waals surface area contributed by atoms with E-state index < -0.39 is 0 Å². The largest absolute Gasteiger partial charge is 0.490 e. The predicted molar refractivity (Wildman–Crippen MR) is 131 cm³/mol. The number of carbonyl (C=O) groups excluding carboxylic acids is 1. The molecule has 1 saturated carbocycles. The lowest BCUT2D eigenvalue weighted by Gasteiger charge is -2.27. The molecule has 3 heterocycles. The van der Waals surface area contributed by atoms with Gasteiger partial charge in [-0.25, -0.2) is 9.97 Å². The Kier molecular flexibility index (Phi) is 6.58. The van der Waals surface area contributed by atoms with E-state index in [2.05, 4.69) is 20.6 Å². The summed E-state index contributed by atoms with van der Waals surface area (Å²) in [5.41, 5.74) is 10.6. The number of hydrogen-bond acceptors (Lipinski definition) is 7. The van der Waals surface area contributed by atoms with Gasteiger partial charge in [0.1, 0.15) is 5.75 Å². The first-order chi connectivity index (χ1) is 16.7. The van der Waals surface area contributed by atoms with Crippen LogP contribution in [0.3, 0.4) is 0 Å². The smallest absolute Gasteiger partial charge is 0.251 e. The molecule has 4 N–H and O–H groups in total. The molecule has 8 heteroatoms. The van der Waals surface area contributed by atoms with Gasteiger partial charge in [-0.05, 0) is 74.6 Å². The number of nitrogens with zero attached hydrogens (tertiary/aromatic N) is 2. The van der Waals surface area contributed by atoms with Gasteiger partial charge in [0, 0.05) is 47.4 Å². The summed E-state index contributed by atoms with van der Waals surface area (Å²) in [5, 5.41) is 6.23. The maximum atomic E-state index is 12.5. The van der Waals surface area contributed by atoms with Crippen LogP contribution in [0.25, 0.3) is 11.3 Å². The van der Waals surface area contributed by atoms with Gasteiger partial charge in [0.2, 0.25) is 5.95 Å². The summed E-state index contributed by atoms with van der Waals surface area (Å²) in [6.07, 6.45) is 7.05. The van der Waals surface area contributed by atoms with Crippen LogP contribution in [0.2, 0.25) is 0 Å². The highest BCUT2D eigenvalue weighted by Gasteiger charge is 2.21. The van der Waals surface area contributed by atoms with Crippen LogP contribution in [0.15, 0.2) is 48.7 Å². The molecule has 176 valence electrons. The Labute approximate surface area is 198 Å². The number of benzene rings is 2. The van der Waals surface area contributed by atoms with E-state index in [-0.39, 0.29) is 12.0 Å². The predicted octanol–water partition coefficient (Wildman–Crippen LogP) is 4.44. The number of hydrogen-bond donors (Lipinski definition) is 3. The van der Waals surface area contributed by atoms with E-state index in [0.29, 0.717) is 42.7 Å². The Bertz CT molecular complexity index is 1180. The van der Waals surface area contributed by atoms with Gasteiger partial charge in [0.25, 0.3) is 5.91 Å². The minimum Gasteiger partial charge on any atom is -0.490 e. The third-order valence-corrected chi connectivity index (χ3v) is 6.17. The molecule has 0 spiro atoms. The number of amides is 1. The fraction of sp³-hybridized carbons (Fsp3) is 0.346. The lowest BCUT2D eigenvalue weighted by atomic mass is 9.96. The van der Waals surface area contributed by atoms with Crippen LogP contribution < -0.4 is 21.1 Å².